The molecule has 0 saturated carbocycles. The molecular weight excluding hydrogens is 446 g/mol. The van der Waals surface area contributed by atoms with E-state index < -0.39 is 0 Å². The van der Waals surface area contributed by atoms with Crippen molar-refractivity contribution in [3.05, 3.63) is 96.1 Å². The fourth-order valence-corrected chi connectivity index (χ4v) is 4.01. The van der Waals surface area contributed by atoms with Crippen LogP contribution in [0.2, 0.25) is 0 Å². The summed E-state index contributed by atoms with van der Waals surface area (Å²) in [5.74, 6) is 1.55. The second kappa shape index (κ2) is 11.8. The summed E-state index contributed by atoms with van der Waals surface area (Å²) in [4.78, 5) is 12.2. The monoisotopic (exact) mass is 471 g/mol. The van der Waals surface area contributed by atoms with Crippen molar-refractivity contribution in [2.75, 3.05) is 5.75 Å². The Morgan fingerprint density at radius 2 is 1.71 bits per heavy atom. The van der Waals surface area contributed by atoms with Gasteiger partial charge in [-0.15, -0.1) is 10.2 Å². The third-order valence-electron chi connectivity index (χ3n) is 4.93. The molecule has 0 bridgehead atoms. The number of hydrazone groups is 1. The molecule has 1 heterocycles. The molecule has 1 amide bonds. The molecule has 4 rings (SSSR count). The lowest BCUT2D eigenvalue weighted by molar-refractivity contribution is -0.118. The van der Waals surface area contributed by atoms with Gasteiger partial charge >= 0.3 is 0 Å². The van der Waals surface area contributed by atoms with Crippen LogP contribution < -0.4 is 10.2 Å². The van der Waals surface area contributed by atoms with Gasteiger partial charge in [0, 0.05) is 12.1 Å². The number of hydrogen-bond donors (Lipinski definition) is 1. The van der Waals surface area contributed by atoms with Crippen LogP contribution in [0, 0.1) is 0 Å². The zero-order valence-electron chi connectivity index (χ0n) is 18.8. The highest BCUT2D eigenvalue weighted by Gasteiger charge is 2.14. The topological polar surface area (TPSA) is 81.4 Å². The van der Waals surface area contributed by atoms with Crippen molar-refractivity contribution in [2.24, 2.45) is 5.10 Å². The SMILES string of the molecule is CCn1c(SCC(=O)NN=Cc2ccc(OCc3ccccc3)cc2)nnc1-c1ccccc1. The van der Waals surface area contributed by atoms with Gasteiger partial charge in [0.1, 0.15) is 12.4 Å². The number of nitrogens with one attached hydrogen (secondary N) is 1. The molecule has 0 aliphatic carbocycles. The molecule has 4 aromatic rings. The van der Waals surface area contributed by atoms with Crippen molar-refractivity contribution in [2.45, 2.75) is 25.2 Å². The molecular formula is C26H25N5O2S. The second-order valence-corrected chi connectivity index (χ2v) is 8.28. The van der Waals surface area contributed by atoms with Crippen molar-refractivity contribution in [1.82, 2.24) is 20.2 Å². The van der Waals surface area contributed by atoms with E-state index >= 15 is 0 Å². The number of carbonyl (C=O) groups excluding carboxylic acids is 1. The molecule has 1 N–H and O–H groups in total. The zero-order valence-corrected chi connectivity index (χ0v) is 19.6. The number of thioether (sulfide) groups is 1. The molecule has 0 fully saturated rings. The Balaban J connectivity index is 1.25. The van der Waals surface area contributed by atoms with Crippen molar-refractivity contribution >= 4 is 23.9 Å². The molecule has 0 radical (unpaired) electrons. The van der Waals surface area contributed by atoms with Crippen LogP contribution in [0.3, 0.4) is 0 Å². The van der Waals surface area contributed by atoms with E-state index in [1.807, 2.05) is 96.4 Å². The highest BCUT2D eigenvalue weighted by atomic mass is 32.2. The number of ether oxygens (including phenoxy) is 1. The van der Waals surface area contributed by atoms with E-state index in [-0.39, 0.29) is 11.7 Å². The minimum Gasteiger partial charge on any atom is -0.489 e. The van der Waals surface area contributed by atoms with Gasteiger partial charge in [-0.05, 0) is 42.3 Å². The summed E-state index contributed by atoms with van der Waals surface area (Å²) in [5.41, 5.74) is 5.53. The summed E-state index contributed by atoms with van der Waals surface area (Å²) < 4.78 is 7.78. The molecule has 1 aromatic heterocycles. The number of benzene rings is 3. The fraction of sp³-hybridized carbons (Fsp3) is 0.154. The summed E-state index contributed by atoms with van der Waals surface area (Å²) in [5, 5.41) is 13.3. The van der Waals surface area contributed by atoms with Crippen LogP contribution in [-0.2, 0) is 17.9 Å². The molecule has 172 valence electrons. The maximum absolute atomic E-state index is 12.2. The normalized spacial score (nSPS) is 11.0. The molecule has 7 nitrogen and oxygen atoms in total. The van der Waals surface area contributed by atoms with Crippen LogP contribution in [0.15, 0.2) is 95.2 Å². The van der Waals surface area contributed by atoms with Crippen LogP contribution >= 0.6 is 11.8 Å². The summed E-state index contributed by atoms with van der Waals surface area (Å²) in [6, 6.07) is 27.4. The van der Waals surface area contributed by atoms with Crippen molar-refractivity contribution in [3.8, 4) is 17.1 Å². The molecule has 0 aliphatic heterocycles. The molecule has 0 spiro atoms. The Kier molecular flexibility index (Phi) is 8.08. The van der Waals surface area contributed by atoms with Crippen LogP contribution in [0.1, 0.15) is 18.1 Å². The third kappa shape index (κ3) is 6.32. The molecule has 0 atom stereocenters. The Hall–Kier alpha value is -3.91. The first-order chi connectivity index (χ1) is 16.7. The van der Waals surface area contributed by atoms with E-state index in [4.69, 9.17) is 4.74 Å². The van der Waals surface area contributed by atoms with E-state index in [1.54, 1.807) is 6.21 Å². The quantitative estimate of drug-likeness (QED) is 0.204. The van der Waals surface area contributed by atoms with Crippen LogP contribution in [0.5, 0.6) is 5.75 Å². The Morgan fingerprint density at radius 3 is 2.41 bits per heavy atom. The average molecular weight is 472 g/mol. The Bertz CT molecular complexity index is 1230. The number of nitrogens with zero attached hydrogens (tertiary/aromatic N) is 4. The van der Waals surface area contributed by atoms with Gasteiger partial charge in [-0.25, -0.2) is 5.43 Å². The van der Waals surface area contributed by atoms with Crippen LogP contribution in [0.25, 0.3) is 11.4 Å². The lowest BCUT2D eigenvalue weighted by Crippen LogP contribution is -2.20. The van der Waals surface area contributed by atoms with E-state index in [2.05, 4.69) is 20.7 Å². The molecule has 0 aliphatic rings. The first-order valence-electron chi connectivity index (χ1n) is 10.9. The third-order valence-corrected chi connectivity index (χ3v) is 5.90. The minimum atomic E-state index is -0.212. The van der Waals surface area contributed by atoms with E-state index in [9.17, 15) is 4.79 Å². The highest BCUT2D eigenvalue weighted by molar-refractivity contribution is 7.99. The van der Waals surface area contributed by atoms with E-state index in [1.165, 1.54) is 11.8 Å². The second-order valence-electron chi connectivity index (χ2n) is 7.34. The van der Waals surface area contributed by atoms with Crippen LogP contribution in [-0.4, -0.2) is 32.6 Å². The predicted molar refractivity (Wildman–Crippen MR) is 135 cm³/mol. The lowest BCUT2D eigenvalue weighted by Gasteiger charge is -2.07. The molecule has 8 heteroatoms. The summed E-state index contributed by atoms with van der Waals surface area (Å²) >= 11 is 1.33. The van der Waals surface area contributed by atoms with Gasteiger partial charge in [0.15, 0.2) is 11.0 Å². The van der Waals surface area contributed by atoms with Gasteiger partial charge in [0.05, 0.1) is 12.0 Å². The Morgan fingerprint density at radius 1 is 1.00 bits per heavy atom. The first kappa shape index (κ1) is 23.3. The van der Waals surface area contributed by atoms with Gasteiger partial charge in [0.2, 0.25) is 0 Å². The van der Waals surface area contributed by atoms with Crippen molar-refractivity contribution in [3.63, 3.8) is 0 Å². The van der Waals surface area contributed by atoms with Crippen LogP contribution in [0.4, 0.5) is 0 Å². The Labute approximate surface area is 202 Å². The van der Waals surface area contributed by atoms with Gasteiger partial charge in [-0.3, -0.25) is 4.79 Å². The minimum absolute atomic E-state index is 0.191. The maximum atomic E-state index is 12.2. The highest BCUT2D eigenvalue weighted by Crippen LogP contribution is 2.23. The zero-order chi connectivity index (χ0) is 23.6. The number of carbonyl (C=O) groups is 1. The standard InChI is InChI=1S/C26H25N5O2S/c1-2-31-25(22-11-7-4-8-12-22)29-30-26(31)34-19-24(32)28-27-17-20-13-15-23(16-14-20)33-18-21-9-5-3-6-10-21/h3-17H,2,18-19H2,1H3,(H,28,32). The fourth-order valence-electron chi connectivity index (χ4n) is 3.21. The molecule has 34 heavy (non-hydrogen) atoms. The van der Waals surface area contributed by atoms with Gasteiger partial charge in [-0.2, -0.15) is 5.10 Å². The average Bonchev–Trinajstić information content (AvgIpc) is 3.31. The molecule has 0 saturated heterocycles. The summed E-state index contributed by atoms with van der Waals surface area (Å²) in [7, 11) is 0. The number of rotatable bonds is 10. The molecule has 0 unspecified atom stereocenters. The number of aromatic nitrogens is 3. The summed E-state index contributed by atoms with van der Waals surface area (Å²) in [6.45, 7) is 3.26. The smallest absolute Gasteiger partial charge is 0.250 e. The summed E-state index contributed by atoms with van der Waals surface area (Å²) in [6.07, 6.45) is 1.60. The molecule has 3 aromatic carbocycles. The van der Waals surface area contributed by atoms with E-state index in [0.717, 1.165) is 28.3 Å². The lowest BCUT2D eigenvalue weighted by atomic mass is 10.2. The first-order valence-corrected chi connectivity index (χ1v) is 11.9. The van der Waals surface area contributed by atoms with Gasteiger partial charge < -0.3 is 9.30 Å². The van der Waals surface area contributed by atoms with Crippen molar-refractivity contribution in [1.29, 1.82) is 0 Å². The predicted octanol–water partition coefficient (Wildman–Crippen LogP) is 4.79. The largest absolute Gasteiger partial charge is 0.489 e. The van der Waals surface area contributed by atoms with Gasteiger partial charge in [0.25, 0.3) is 5.91 Å². The van der Waals surface area contributed by atoms with Crippen molar-refractivity contribution < 1.29 is 9.53 Å². The number of hydrogen-bond acceptors (Lipinski definition) is 6. The van der Waals surface area contributed by atoms with E-state index in [0.29, 0.717) is 18.3 Å². The maximum Gasteiger partial charge on any atom is 0.250 e. The van der Waals surface area contributed by atoms with Gasteiger partial charge in [-0.1, -0.05) is 72.4 Å². The number of amides is 1.